The van der Waals surface area contributed by atoms with E-state index >= 15 is 0 Å². The summed E-state index contributed by atoms with van der Waals surface area (Å²) < 4.78 is 5.63. The Balaban J connectivity index is 2.53. The Morgan fingerprint density at radius 2 is 2.38 bits per heavy atom. The lowest BCUT2D eigenvalue weighted by Gasteiger charge is -2.12. The summed E-state index contributed by atoms with van der Waals surface area (Å²) >= 11 is 0. The van der Waals surface area contributed by atoms with Gasteiger partial charge in [-0.05, 0) is 32.9 Å². The van der Waals surface area contributed by atoms with Gasteiger partial charge in [-0.3, -0.25) is 0 Å². The molecule has 0 aliphatic rings. The van der Waals surface area contributed by atoms with E-state index in [1.165, 1.54) is 0 Å². The predicted molar refractivity (Wildman–Crippen MR) is 66.5 cm³/mol. The quantitative estimate of drug-likeness (QED) is 0.566. The molecule has 1 aromatic rings. The fourth-order valence-corrected chi connectivity index (χ4v) is 1.32. The van der Waals surface area contributed by atoms with Crippen LogP contribution in [0.15, 0.2) is 31.0 Å². The molecule has 0 spiro atoms. The highest BCUT2D eigenvalue weighted by molar-refractivity contribution is 5.25. The van der Waals surface area contributed by atoms with Gasteiger partial charge in [0.15, 0.2) is 0 Å². The highest BCUT2D eigenvalue weighted by Gasteiger charge is 2.05. The van der Waals surface area contributed by atoms with Crippen LogP contribution in [0.2, 0.25) is 0 Å². The Labute approximate surface area is 97.5 Å². The zero-order chi connectivity index (χ0) is 11.8. The van der Waals surface area contributed by atoms with Crippen LogP contribution in [-0.4, -0.2) is 17.6 Å². The number of rotatable bonds is 7. The first-order chi connectivity index (χ1) is 7.74. The number of aromatic nitrogens is 1. The van der Waals surface area contributed by atoms with Crippen molar-refractivity contribution >= 4 is 0 Å². The zero-order valence-corrected chi connectivity index (χ0v) is 10.1. The molecule has 0 fully saturated rings. The van der Waals surface area contributed by atoms with E-state index in [2.05, 4.69) is 16.9 Å². The maximum Gasteiger partial charge on any atom is 0.218 e. The summed E-state index contributed by atoms with van der Waals surface area (Å²) in [7, 11) is 0. The van der Waals surface area contributed by atoms with Crippen LogP contribution in [0, 0.1) is 0 Å². The summed E-state index contributed by atoms with van der Waals surface area (Å²) in [6, 6.07) is 3.96. The van der Waals surface area contributed by atoms with E-state index in [1.54, 1.807) is 6.20 Å². The van der Waals surface area contributed by atoms with E-state index in [9.17, 15) is 0 Å². The lowest BCUT2D eigenvalue weighted by Crippen LogP contribution is -2.16. The van der Waals surface area contributed by atoms with Crippen molar-refractivity contribution < 1.29 is 4.74 Å². The first-order valence-electron chi connectivity index (χ1n) is 5.66. The molecule has 0 amide bonds. The van der Waals surface area contributed by atoms with Crippen LogP contribution >= 0.6 is 0 Å². The molecule has 1 heterocycles. The monoisotopic (exact) mass is 220 g/mol. The average Bonchev–Trinajstić information content (AvgIpc) is 2.26. The molecular formula is C13H20N2O. The Bertz CT molecular complexity index is 323. The first-order valence-corrected chi connectivity index (χ1v) is 5.66. The third-order valence-corrected chi connectivity index (χ3v) is 2.04. The smallest absolute Gasteiger partial charge is 0.218 e. The fourth-order valence-electron chi connectivity index (χ4n) is 1.32. The summed E-state index contributed by atoms with van der Waals surface area (Å²) in [6.07, 6.45) is 4.79. The van der Waals surface area contributed by atoms with Crippen LogP contribution in [-0.2, 0) is 6.54 Å². The van der Waals surface area contributed by atoms with Crippen molar-refractivity contribution in [3.8, 4) is 5.88 Å². The number of nitrogens with zero attached hydrogens (tertiary/aromatic N) is 1. The van der Waals surface area contributed by atoms with Crippen molar-refractivity contribution in [1.29, 1.82) is 0 Å². The van der Waals surface area contributed by atoms with Gasteiger partial charge in [-0.2, -0.15) is 0 Å². The summed E-state index contributed by atoms with van der Waals surface area (Å²) in [6.45, 7) is 9.40. The standard InChI is InChI=1S/C13H20N2O/c1-4-5-8-14-10-12-7-6-9-15-13(12)16-11(2)3/h4,6-7,9,11,14H,1,5,8,10H2,2-3H3. The molecule has 0 saturated carbocycles. The molecule has 0 unspecified atom stereocenters. The summed E-state index contributed by atoms with van der Waals surface area (Å²) in [5.41, 5.74) is 1.10. The van der Waals surface area contributed by atoms with Gasteiger partial charge in [0, 0.05) is 18.3 Å². The molecule has 88 valence electrons. The van der Waals surface area contributed by atoms with E-state index in [1.807, 2.05) is 32.1 Å². The Morgan fingerprint density at radius 1 is 1.56 bits per heavy atom. The summed E-state index contributed by atoms with van der Waals surface area (Å²) in [5.74, 6) is 0.726. The highest BCUT2D eigenvalue weighted by atomic mass is 16.5. The average molecular weight is 220 g/mol. The summed E-state index contributed by atoms with van der Waals surface area (Å²) in [5, 5.41) is 3.32. The van der Waals surface area contributed by atoms with Crippen LogP contribution < -0.4 is 10.1 Å². The van der Waals surface area contributed by atoms with E-state index in [0.717, 1.165) is 31.0 Å². The van der Waals surface area contributed by atoms with Gasteiger partial charge in [0.25, 0.3) is 0 Å². The number of pyridine rings is 1. The molecule has 0 aliphatic carbocycles. The molecule has 1 N–H and O–H groups in total. The number of hydrogen-bond acceptors (Lipinski definition) is 3. The van der Waals surface area contributed by atoms with E-state index < -0.39 is 0 Å². The molecule has 3 nitrogen and oxygen atoms in total. The molecular weight excluding hydrogens is 200 g/mol. The van der Waals surface area contributed by atoms with Crippen molar-refractivity contribution in [2.45, 2.75) is 32.9 Å². The predicted octanol–water partition coefficient (Wildman–Crippen LogP) is 2.53. The molecule has 0 radical (unpaired) electrons. The molecule has 0 bridgehead atoms. The lowest BCUT2D eigenvalue weighted by atomic mass is 10.2. The van der Waals surface area contributed by atoms with Gasteiger partial charge in [-0.15, -0.1) is 6.58 Å². The molecule has 16 heavy (non-hydrogen) atoms. The second kappa shape index (κ2) is 7.01. The first kappa shape index (κ1) is 12.7. The maximum atomic E-state index is 5.63. The maximum absolute atomic E-state index is 5.63. The molecule has 1 aromatic heterocycles. The number of nitrogens with one attached hydrogen (secondary N) is 1. The Morgan fingerprint density at radius 3 is 3.06 bits per heavy atom. The minimum absolute atomic E-state index is 0.154. The van der Waals surface area contributed by atoms with Gasteiger partial charge in [0.05, 0.1) is 6.10 Å². The van der Waals surface area contributed by atoms with Gasteiger partial charge in [-0.25, -0.2) is 4.98 Å². The van der Waals surface area contributed by atoms with E-state index in [4.69, 9.17) is 4.74 Å². The lowest BCUT2D eigenvalue weighted by molar-refractivity contribution is 0.229. The van der Waals surface area contributed by atoms with Crippen LogP contribution in [0.3, 0.4) is 0 Å². The Kier molecular flexibility index (Phi) is 5.57. The normalized spacial score (nSPS) is 10.4. The van der Waals surface area contributed by atoms with E-state index in [0.29, 0.717) is 0 Å². The number of hydrogen-bond donors (Lipinski definition) is 1. The summed E-state index contributed by atoms with van der Waals surface area (Å²) in [4.78, 5) is 4.24. The third kappa shape index (κ3) is 4.45. The second-order valence-electron chi connectivity index (χ2n) is 3.89. The van der Waals surface area contributed by atoms with Gasteiger partial charge in [0.1, 0.15) is 0 Å². The van der Waals surface area contributed by atoms with Crippen LogP contribution in [0.5, 0.6) is 5.88 Å². The molecule has 0 aliphatic heterocycles. The second-order valence-corrected chi connectivity index (χ2v) is 3.89. The van der Waals surface area contributed by atoms with Crippen LogP contribution in [0.4, 0.5) is 0 Å². The van der Waals surface area contributed by atoms with Crippen LogP contribution in [0.25, 0.3) is 0 Å². The SMILES string of the molecule is C=CCCNCc1cccnc1OC(C)C. The zero-order valence-electron chi connectivity index (χ0n) is 10.1. The molecule has 1 rings (SSSR count). The minimum atomic E-state index is 0.154. The highest BCUT2D eigenvalue weighted by Crippen LogP contribution is 2.15. The minimum Gasteiger partial charge on any atom is -0.475 e. The molecule has 0 atom stereocenters. The van der Waals surface area contributed by atoms with Crippen molar-refractivity contribution in [3.63, 3.8) is 0 Å². The van der Waals surface area contributed by atoms with Crippen LogP contribution in [0.1, 0.15) is 25.8 Å². The topological polar surface area (TPSA) is 34.2 Å². The third-order valence-electron chi connectivity index (χ3n) is 2.04. The van der Waals surface area contributed by atoms with Crippen molar-refractivity contribution in [3.05, 3.63) is 36.5 Å². The number of ether oxygens (including phenoxy) is 1. The van der Waals surface area contributed by atoms with E-state index in [-0.39, 0.29) is 6.10 Å². The van der Waals surface area contributed by atoms with Gasteiger partial charge in [-0.1, -0.05) is 12.1 Å². The molecule has 0 aromatic carbocycles. The largest absolute Gasteiger partial charge is 0.475 e. The Hall–Kier alpha value is -1.35. The fraction of sp³-hybridized carbons (Fsp3) is 0.462. The van der Waals surface area contributed by atoms with Gasteiger partial charge < -0.3 is 10.1 Å². The van der Waals surface area contributed by atoms with Gasteiger partial charge in [0.2, 0.25) is 5.88 Å². The molecule has 0 saturated heterocycles. The van der Waals surface area contributed by atoms with Crippen molar-refractivity contribution in [1.82, 2.24) is 10.3 Å². The van der Waals surface area contributed by atoms with Crippen molar-refractivity contribution in [2.75, 3.05) is 6.54 Å². The van der Waals surface area contributed by atoms with Gasteiger partial charge >= 0.3 is 0 Å². The van der Waals surface area contributed by atoms with Crippen molar-refractivity contribution in [2.24, 2.45) is 0 Å². The molecule has 3 heteroatoms.